The molecule has 112 valence electrons. The van der Waals surface area contributed by atoms with E-state index in [1.54, 1.807) is 35.8 Å². The Balaban J connectivity index is 2.52. The first-order valence-electron chi connectivity index (χ1n) is 6.67. The highest BCUT2D eigenvalue weighted by molar-refractivity contribution is 5.93. The van der Waals surface area contributed by atoms with Gasteiger partial charge in [0.05, 0.1) is 25.3 Å². The van der Waals surface area contributed by atoms with E-state index in [0.29, 0.717) is 10.9 Å². The molecule has 6 heteroatoms. The molecule has 0 unspecified atom stereocenters. The van der Waals surface area contributed by atoms with Crippen molar-refractivity contribution < 1.29 is 19.4 Å². The third-order valence-electron chi connectivity index (χ3n) is 2.95. The van der Waals surface area contributed by atoms with E-state index in [1.807, 2.05) is 0 Å². The van der Waals surface area contributed by atoms with Gasteiger partial charge >= 0.3 is 5.97 Å². The summed E-state index contributed by atoms with van der Waals surface area (Å²) in [5.41, 5.74) is 0.277. The summed E-state index contributed by atoms with van der Waals surface area (Å²) in [7, 11) is 0. The summed E-state index contributed by atoms with van der Waals surface area (Å²) in [6.07, 6.45) is 1.43. The number of nitrogens with zero attached hydrogens (tertiary/aromatic N) is 1. The molecule has 0 aliphatic rings. The van der Waals surface area contributed by atoms with Gasteiger partial charge in [0.25, 0.3) is 0 Å². The molecule has 0 fully saturated rings. The topological polar surface area (TPSA) is 77.8 Å². The smallest absolute Gasteiger partial charge is 0.343 e. The summed E-state index contributed by atoms with van der Waals surface area (Å²) in [6.45, 7) is 2.10. The molecule has 2 aromatic rings. The lowest BCUT2D eigenvalue weighted by Gasteiger charge is -2.13. The lowest BCUT2D eigenvalue weighted by Crippen LogP contribution is -2.21. The number of ether oxygens (including phenoxy) is 2. The molecule has 0 saturated heterocycles. The number of aliphatic hydroxyl groups is 1. The van der Waals surface area contributed by atoms with Crippen LogP contribution in [0.15, 0.2) is 35.3 Å². The minimum absolute atomic E-state index is 0.0249. The first-order chi connectivity index (χ1) is 10.2. The maximum Gasteiger partial charge on any atom is 0.343 e. The molecule has 0 bridgehead atoms. The summed E-state index contributed by atoms with van der Waals surface area (Å²) in [5, 5.41) is 9.18. The molecule has 1 N–H and O–H groups in total. The summed E-state index contributed by atoms with van der Waals surface area (Å²) in [5.74, 6) is -0.649. The van der Waals surface area contributed by atoms with Gasteiger partial charge in [-0.15, -0.1) is 0 Å². The highest BCUT2D eigenvalue weighted by Crippen LogP contribution is 2.12. The average molecular weight is 291 g/mol. The van der Waals surface area contributed by atoms with Crippen molar-refractivity contribution in [3.05, 3.63) is 46.2 Å². The fraction of sp³-hybridized carbons (Fsp3) is 0.333. The zero-order chi connectivity index (χ0) is 15.2. The number of rotatable bonds is 6. The van der Waals surface area contributed by atoms with E-state index in [9.17, 15) is 9.59 Å². The van der Waals surface area contributed by atoms with E-state index in [-0.39, 0.29) is 37.5 Å². The third kappa shape index (κ3) is 3.29. The van der Waals surface area contributed by atoms with Crippen molar-refractivity contribution in [3.63, 3.8) is 0 Å². The lowest BCUT2D eigenvalue weighted by molar-refractivity contribution is 0.0479. The van der Waals surface area contributed by atoms with E-state index in [4.69, 9.17) is 14.6 Å². The van der Waals surface area contributed by atoms with Crippen molar-refractivity contribution in [1.82, 2.24) is 4.57 Å². The fourth-order valence-corrected chi connectivity index (χ4v) is 2.03. The highest BCUT2D eigenvalue weighted by atomic mass is 16.5. The second-order valence-corrected chi connectivity index (χ2v) is 4.34. The summed E-state index contributed by atoms with van der Waals surface area (Å²) >= 11 is 0. The van der Waals surface area contributed by atoms with Crippen molar-refractivity contribution >= 4 is 16.9 Å². The Labute approximate surface area is 121 Å². The molecule has 1 aromatic carbocycles. The molecule has 2 rings (SSSR count). The van der Waals surface area contributed by atoms with E-state index in [1.165, 1.54) is 6.20 Å². The first kappa shape index (κ1) is 15.2. The molecule has 0 spiro atoms. The summed E-state index contributed by atoms with van der Waals surface area (Å²) in [4.78, 5) is 24.2. The Kier molecular flexibility index (Phi) is 5.08. The Bertz CT molecular complexity index is 692. The van der Waals surface area contributed by atoms with Gasteiger partial charge in [-0.05, 0) is 19.1 Å². The quantitative estimate of drug-likeness (QED) is 0.638. The largest absolute Gasteiger partial charge is 0.462 e. The van der Waals surface area contributed by atoms with Crippen molar-refractivity contribution in [2.24, 2.45) is 0 Å². The van der Waals surface area contributed by atoms with Gasteiger partial charge in [0.2, 0.25) is 5.43 Å². The van der Waals surface area contributed by atoms with E-state index in [2.05, 4.69) is 0 Å². The molecule has 0 amide bonds. The van der Waals surface area contributed by atoms with Crippen LogP contribution in [0.4, 0.5) is 0 Å². The Morgan fingerprint density at radius 1 is 1.33 bits per heavy atom. The Morgan fingerprint density at radius 2 is 2.10 bits per heavy atom. The number of aliphatic hydroxyl groups excluding tert-OH is 1. The Morgan fingerprint density at radius 3 is 2.81 bits per heavy atom. The predicted octanol–water partition coefficient (Wildman–Crippen LogP) is 1.14. The predicted molar refractivity (Wildman–Crippen MR) is 77.2 cm³/mol. The van der Waals surface area contributed by atoms with Crippen molar-refractivity contribution in [1.29, 1.82) is 0 Å². The molecule has 1 aromatic heterocycles. The number of fused-ring (bicyclic) bond motifs is 1. The second-order valence-electron chi connectivity index (χ2n) is 4.34. The molecule has 6 nitrogen and oxygen atoms in total. The molecule has 0 radical (unpaired) electrons. The van der Waals surface area contributed by atoms with Gasteiger partial charge in [-0.2, -0.15) is 0 Å². The number of hydrogen-bond donors (Lipinski definition) is 1. The number of para-hydroxylation sites is 1. The zero-order valence-electron chi connectivity index (χ0n) is 11.7. The number of pyridine rings is 1. The van der Waals surface area contributed by atoms with Gasteiger partial charge < -0.3 is 19.1 Å². The SMILES string of the molecule is CCOC(=O)c1cn(COCCO)c2ccccc2c1=O. The van der Waals surface area contributed by atoms with E-state index < -0.39 is 5.97 Å². The number of benzene rings is 1. The summed E-state index contributed by atoms with van der Waals surface area (Å²) < 4.78 is 11.8. The van der Waals surface area contributed by atoms with Crippen LogP contribution in [0.5, 0.6) is 0 Å². The van der Waals surface area contributed by atoms with Gasteiger partial charge in [0.1, 0.15) is 12.3 Å². The molecule has 21 heavy (non-hydrogen) atoms. The third-order valence-corrected chi connectivity index (χ3v) is 2.95. The van der Waals surface area contributed by atoms with Crippen LogP contribution in [0, 0.1) is 0 Å². The number of esters is 1. The zero-order valence-corrected chi connectivity index (χ0v) is 11.7. The molecule has 1 heterocycles. The number of aromatic nitrogens is 1. The molecule has 0 aliphatic carbocycles. The van der Waals surface area contributed by atoms with Gasteiger partial charge in [0.15, 0.2) is 0 Å². The van der Waals surface area contributed by atoms with Gasteiger partial charge in [-0.1, -0.05) is 12.1 Å². The molecule has 0 atom stereocenters. The summed E-state index contributed by atoms with van der Waals surface area (Å²) in [6, 6.07) is 6.96. The van der Waals surface area contributed by atoms with Crippen LogP contribution in [0.25, 0.3) is 10.9 Å². The van der Waals surface area contributed by atoms with Crippen LogP contribution in [0.3, 0.4) is 0 Å². The molecular formula is C15H17NO5. The molecule has 0 saturated carbocycles. The van der Waals surface area contributed by atoms with Crippen molar-refractivity contribution in [3.8, 4) is 0 Å². The highest BCUT2D eigenvalue weighted by Gasteiger charge is 2.16. The first-order valence-corrected chi connectivity index (χ1v) is 6.67. The molecule has 0 aliphatic heterocycles. The van der Waals surface area contributed by atoms with Gasteiger partial charge in [-0.25, -0.2) is 4.79 Å². The second kappa shape index (κ2) is 7.01. The maximum atomic E-state index is 12.3. The van der Waals surface area contributed by atoms with E-state index >= 15 is 0 Å². The normalized spacial score (nSPS) is 10.8. The standard InChI is InChI=1S/C15H17NO5/c1-2-21-15(19)12-9-16(10-20-8-7-17)13-6-4-3-5-11(13)14(12)18/h3-6,9,17H,2,7-8,10H2,1H3. The average Bonchev–Trinajstić information content (AvgIpc) is 2.50. The van der Waals surface area contributed by atoms with Crippen molar-refractivity contribution in [2.75, 3.05) is 19.8 Å². The van der Waals surface area contributed by atoms with Crippen LogP contribution in [-0.4, -0.2) is 35.5 Å². The fourth-order valence-electron chi connectivity index (χ4n) is 2.03. The minimum atomic E-state index is -0.649. The van der Waals surface area contributed by atoms with Crippen LogP contribution in [0.2, 0.25) is 0 Å². The molecular weight excluding hydrogens is 274 g/mol. The lowest BCUT2D eigenvalue weighted by atomic mass is 10.1. The van der Waals surface area contributed by atoms with Gasteiger partial charge in [0, 0.05) is 11.6 Å². The minimum Gasteiger partial charge on any atom is -0.462 e. The van der Waals surface area contributed by atoms with Crippen LogP contribution < -0.4 is 5.43 Å². The number of carbonyl (C=O) groups excluding carboxylic acids is 1. The number of carbonyl (C=O) groups is 1. The number of hydrogen-bond acceptors (Lipinski definition) is 5. The Hall–Kier alpha value is -2.18. The van der Waals surface area contributed by atoms with Gasteiger partial charge in [-0.3, -0.25) is 4.79 Å². The van der Waals surface area contributed by atoms with Crippen LogP contribution >= 0.6 is 0 Å². The van der Waals surface area contributed by atoms with Crippen LogP contribution in [0.1, 0.15) is 17.3 Å². The maximum absolute atomic E-state index is 12.3. The monoisotopic (exact) mass is 291 g/mol. The van der Waals surface area contributed by atoms with Crippen molar-refractivity contribution in [2.45, 2.75) is 13.7 Å². The van der Waals surface area contributed by atoms with Crippen LogP contribution in [-0.2, 0) is 16.2 Å². The van der Waals surface area contributed by atoms with E-state index in [0.717, 1.165) is 0 Å².